The third-order valence-electron chi connectivity index (χ3n) is 4.52. The van der Waals surface area contributed by atoms with Gasteiger partial charge in [-0.25, -0.2) is 4.98 Å². The molecule has 0 aliphatic carbocycles. The van der Waals surface area contributed by atoms with Gasteiger partial charge in [-0.05, 0) is 23.6 Å². The standard InChI is InChI=1S/C22H20N2O3S/c1-14(2)15-7-9-16(10-8-15)22-23-17(13-28-22)12-26-21(25)11-19-18-5-3-4-6-20(18)27-24-19/h3-10,13-14H,11-12H2,1-2H3. The quantitative estimate of drug-likeness (QED) is 0.413. The molecule has 0 radical (unpaired) electrons. The number of aromatic nitrogens is 2. The molecule has 2 heterocycles. The van der Waals surface area contributed by atoms with Crippen molar-refractivity contribution in [3.8, 4) is 10.6 Å². The minimum Gasteiger partial charge on any atom is -0.459 e. The third kappa shape index (κ3) is 3.97. The first kappa shape index (κ1) is 18.4. The molecule has 0 N–H and O–H groups in total. The van der Waals surface area contributed by atoms with Crippen LogP contribution >= 0.6 is 11.3 Å². The van der Waals surface area contributed by atoms with Crippen LogP contribution in [0.3, 0.4) is 0 Å². The fraction of sp³-hybridized carbons (Fsp3) is 0.227. The number of rotatable bonds is 6. The fourth-order valence-corrected chi connectivity index (χ4v) is 3.73. The van der Waals surface area contributed by atoms with Gasteiger partial charge in [-0.1, -0.05) is 55.4 Å². The molecule has 0 unspecified atom stereocenters. The molecule has 0 bridgehead atoms. The smallest absolute Gasteiger partial charge is 0.312 e. The summed E-state index contributed by atoms with van der Waals surface area (Å²) >= 11 is 1.55. The number of hydrogen-bond donors (Lipinski definition) is 0. The Labute approximate surface area is 167 Å². The minimum absolute atomic E-state index is 0.0741. The highest BCUT2D eigenvalue weighted by Gasteiger charge is 2.14. The third-order valence-corrected chi connectivity index (χ3v) is 5.46. The Balaban J connectivity index is 1.37. The molecule has 5 nitrogen and oxygen atoms in total. The molecule has 2 aromatic heterocycles. The van der Waals surface area contributed by atoms with E-state index in [0.29, 0.717) is 17.2 Å². The number of nitrogens with zero attached hydrogens (tertiary/aromatic N) is 2. The summed E-state index contributed by atoms with van der Waals surface area (Å²) in [6, 6.07) is 15.9. The number of para-hydroxylation sites is 1. The van der Waals surface area contributed by atoms with E-state index in [4.69, 9.17) is 9.26 Å². The van der Waals surface area contributed by atoms with Crippen molar-refractivity contribution in [2.45, 2.75) is 32.8 Å². The van der Waals surface area contributed by atoms with Crippen LogP contribution in [0.15, 0.2) is 58.4 Å². The maximum atomic E-state index is 12.2. The lowest BCUT2D eigenvalue weighted by Gasteiger charge is -2.05. The van der Waals surface area contributed by atoms with E-state index in [-0.39, 0.29) is 19.0 Å². The average Bonchev–Trinajstić information content (AvgIpc) is 3.34. The first-order valence-electron chi connectivity index (χ1n) is 9.14. The number of carbonyl (C=O) groups is 1. The average molecular weight is 392 g/mol. The van der Waals surface area contributed by atoms with Gasteiger partial charge in [0.15, 0.2) is 5.58 Å². The van der Waals surface area contributed by atoms with Crippen LogP contribution in [0.5, 0.6) is 0 Å². The number of esters is 1. The predicted octanol–water partition coefficient (Wildman–Crippen LogP) is 5.36. The summed E-state index contributed by atoms with van der Waals surface area (Å²) in [5, 5.41) is 7.64. The lowest BCUT2D eigenvalue weighted by atomic mass is 10.0. The van der Waals surface area contributed by atoms with Gasteiger partial charge in [-0.3, -0.25) is 4.79 Å². The van der Waals surface area contributed by atoms with Gasteiger partial charge in [0.1, 0.15) is 17.3 Å². The maximum absolute atomic E-state index is 12.2. The van der Waals surface area contributed by atoms with E-state index in [0.717, 1.165) is 21.7 Å². The molecule has 2 aromatic carbocycles. The van der Waals surface area contributed by atoms with Gasteiger partial charge < -0.3 is 9.26 Å². The number of ether oxygens (including phenoxy) is 1. The summed E-state index contributed by atoms with van der Waals surface area (Å²) in [6.45, 7) is 4.49. The van der Waals surface area contributed by atoms with Crippen molar-refractivity contribution in [3.05, 3.63) is 70.9 Å². The molecule has 6 heteroatoms. The monoisotopic (exact) mass is 392 g/mol. The van der Waals surface area contributed by atoms with Crippen molar-refractivity contribution in [2.24, 2.45) is 0 Å². The van der Waals surface area contributed by atoms with E-state index >= 15 is 0 Å². The molecule has 0 saturated heterocycles. The van der Waals surface area contributed by atoms with E-state index in [1.807, 2.05) is 29.6 Å². The Morgan fingerprint density at radius 3 is 2.71 bits per heavy atom. The Kier molecular flexibility index (Phi) is 5.21. The van der Waals surface area contributed by atoms with Gasteiger partial charge in [-0.2, -0.15) is 0 Å². The summed E-state index contributed by atoms with van der Waals surface area (Å²) in [5.41, 5.74) is 4.37. The largest absolute Gasteiger partial charge is 0.459 e. The molecule has 4 aromatic rings. The Morgan fingerprint density at radius 2 is 1.93 bits per heavy atom. The minimum atomic E-state index is -0.352. The second kappa shape index (κ2) is 7.94. The van der Waals surface area contributed by atoms with Gasteiger partial charge in [0, 0.05) is 16.3 Å². The molecule has 28 heavy (non-hydrogen) atoms. The first-order valence-corrected chi connectivity index (χ1v) is 10.0. The highest BCUT2D eigenvalue weighted by atomic mass is 32.1. The van der Waals surface area contributed by atoms with Crippen molar-refractivity contribution in [2.75, 3.05) is 0 Å². The summed E-state index contributed by atoms with van der Waals surface area (Å²) in [7, 11) is 0. The highest BCUT2D eigenvalue weighted by molar-refractivity contribution is 7.13. The number of hydrogen-bond acceptors (Lipinski definition) is 6. The van der Waals surface area contributed by atoms with E-state index in [1.54, 1.807) is 11.3 Å². The molecule has 4 rings (SSSR count). The van der Waals surface area contributed by atoms with Crippen molar-refractivity contribution < 1.29 is 14.1 Å². The van der Waals surface area contributed by atoms with E-state index < -0.39 is 0 Å². The van der Waals surface area contributed by atoms with Crippen molar-refractivity contribution >= 4 is 28.3 Å². The van der Waals surface area contributed by atoms with Gasteiger partial charge in [0.05, 0.1) is 12.1 Å². The molecule has 142 valence electrons. The van der Waals surface area contributed by atoms with Gasteiger partial charge in [0.2, 0.25) is 0 Å². The molecule has 0 saturated carbocycles. The second-order valence-electron chi connectivity index (χ2n) is 6.88. The van der Waals surface area contributed by atoms with Crippen LogP contribution in [0.1, 0.15) is 36.7 Å². The zero-order valence-corrected chi connectivity index (χ0v) is 16.5. The van der Waals surface area contributed by atoms with E-state index in [1.165, 1.54) is 5.56 Å². The lowest BCUT2D eigenvalue weighted by Crippen LogP contribution is -2.08. The lowest BCUT2D eigenvalue weighted by molar-refractivity contribution is -0.144. The molecular weight excluding hydrogens is 372 g/mol. The SMILES string of the molecule is CC(C)c1ccc(-c2nc(COC(=O)Cc3noc4ccccc34)cs2)cc1. The van der Waals surface area contributed by atoms with Crippen molar-refractivity contribution in [1.29, 1.82) is 0 Å². The van der Waals surface area contributed by atoms with Crippen LogP contribution < -0.4 is 0 Å². The van der Waals surface area contributed by atoms with E-state index in [9.17, 15) is 4.79 Å². The number of benzene rings is 2. The van der Waals surface area contributed by atoms with Crippen LogP contribution in [0.2, 0.25) is 0 Å². The Morgan fingerprint density at radius 1 is 1.14 bits per heavy atom. The van der Waals surface area contributed by atoms with Crippen LogP contribution in [0, 0.1) is 0 Å². The van der Waals surface area contributed by atoms with Crippen LogP contribution in [0.4, 0.5) is 0 Å². The Hall–Kier alpha value is -2.99. The van der Waals surface area contributed by atoms with Crippen LogP contribution in [-0.2, 0) is 22.6 Å². The molecule has 0 aliphatic heterocycles. The maximum Gasteiger partial charge on any atom is 0.312 e. The van der Waals surface area contributed by atoms with Gasteiger partial charge >= 0.3 is 5.97 Å². The summed E-state index contributed by atoms with van der Waals surface area (Å²) in [6.07, 6.45) is 0.0741. The van der Waals surface area contributed by atoms with Crippen LogP contribution in [-0.4, -0.2) is 16.1 Å². The molecule has 0 aliphatic rings. The summed E-state index contributed by atoms with van der Waals surface area (Å²) in [5.74, 6) is 0.150. The van der Waals surface area contributed by atoms with Crippen molar-refractivity contribution in [3.63, 3.8) is 0 Å². The van der Waals surface area contributed by atoms with Crippen molar-refractivity contribution in [1.82, 2.24) is 10.1 Å². The summed E-state index contributed by atoms with van der Waals surface area (Å²) in [4.78, 5) is 16.8. The Bertz CT molecular complexity index is 1100. The summed E-state index contributed by atoms with van der Waals surface area (Å²) < 4.78 is 10.6. The second-order valence-corrected chi connectivity index (χ2v) is 7.74. The first-order chi connectivity index (χ1) is 13.6. The molecular formula is C22H20N2O3S. The number of thiazole rings is 1. The van der Waals surface area contributed by atoms with Crippen LogP contribution in [0.25, 0.3) is 21.5 Å². The molecule has 0 atom stereocenters. The van der Waals surface area contributed by atoms with Gasteiger partial charge in [0.25, 0.3) is 0 Å². The normalized spacial score (nSPS) is 11.2. The predicted molar refractivity (Wildman–Crippen MR) is 109 cm³/mol. The fourth-order valence-electron chi connectivity index (χ4n) is 2.92. The molecule has 0 amide bonds. The molecule has 0 fully saturated rings. The zero-order valence-electron chi connectivity index (χ0n) is 15.7. The van der Waals surface area contributed by atoms with E-state index in [2.05, 4.69) is 48.3 Å². The topological polar surface area (TPSA) is 65.2 Å². The molecule has 0 spiro atoms. The van der Waals surface area contributed by atoms with Gasteiger partial charge in [-0.15, -0.1) is 11.3 Å². The number of carbonyl (C=O) groups excluding carboxylic acids is 1. The highest BCUT2D eigenvalue weighted by Crippen LogP contribution is 2.26. The zero-order chi connectivity index (χ0) is 19.5. The number of fused-ring (bicyclic) bond motifs is 1.